The van der Waals surface area contributed by atoms with E-state index in [0.717, 1.165) is 51.1 Å². The van der Waals surface area contributed by atoms with Gasteiger partial charge in [0.1, 0.15) is 11.9 Å². The van der Waals surface area contributed by atoms with Gasteiger partial charge in [-0.25, -0.2) is 4.39 Å². The van der Waals surface area contributed by atoms with Crippen LogP contribution in [0.25, 0.3) is 0 Å². The minimum absolute atomic E-state index is 0.134. The summed E-state index contributed by atoms with van der Waals surface area (Å²) in [5, 5.41) is 11.5. The first-order chi connectivity index (χ1) is 14.9. The van der Waals surface area contributed by atoms with Crippen molar-refractivity contribution in [2.75, 3.05) is 37.6 Å². The molecule has 1 aromatic rings. The van der Waals surface area contributed by atoms with E-state index in [9.17, 15) is 14.3 Å². The number of anilines is 1. The second-order valence-electron chi connectivity index (χ2n) is 10.1. The number of aliphatic hydroxyl groups is 1. The lowest BCUT2D eigenvalue weighted by Gasteiger charge is -2.52. The first-order valence-electron chi connectivity index (χ1n) is 11.7. The third kappa shape index (κ3) is 3.48. The Kier molecular flexibility index (Phi) is 5.33. The molecule has 2 aliphatic heterocycles. The molecule has 168 valence electrons. The number of rotatable bonds is 3. The molecule has 5 rings (SSSR count). The van der Waals surface area contributed by atoms with Gasteiger partial charge >= 0.3 is 5.97 Å². The van der Waals surface area contributed by atoms with Gasteiger partial charge in [-0.3, -0.25) is 9.69 Å². The number of allylic oxidation sites excluding steroid dienone is 1. The van der Waals surface area contributed by atoms with Gasteiger partial charge in [0.25, 0.3) is 0 Å². The van der Waals surface area contributed by atoms with E-state index in [1.165, 1.54) is 17.7 Å². The molecular weight excluding hydrogens is 395 g/mol. The summed E-state index contributed by atoms with van der Waals surface area (Å²) < 4.78 is 19.0. The molecule has 0 aromatic heterocycles. The van der Waals surface area contributed by atoms with Crippen LogP contribution in [0.5, 0.6) is 0 Å². The van der Waals surface area contributed by atoms with Gasteiger partial charge < -0.3 is 14.7 Å². The zero-order valence-electron chi connectivity index (χ0n) is 18.5. The fourth-order valence-electron chi connectivity index (χ4n) is 6.39. The highest BCUT2D eigenvalue weighted by Gasteiger charge is 2.59. The number of carbonyl (C=O) groups excluding carboxylic acids is 1. The Morgan fingerprint density at radius 3 is 2.61 bits per heavy atom. The van der Waals surface area contributed by atoms with Gasteiger partial charge in [0.05, 0.1) is 12.0 Å². The number of ether oxygens (including phenoxy) is 1. The minimum atomic E-state index is -0.551. The molecule has 31 heavy (non-hydrogen) atoms. The number of aliphatic hydroxyl groups excluding tert-OH is 1. The molecule has 1 N–H and O–H groups in total. The maximum atomic E-state index is 13.2. The van der Waals surface area contributed by atoms with Crippen LogP contribution in [0.4, 0.5) is 10.1 Å². The molecule has 6 atom stereocenters. The topological polar surface area (TPSA) is 53.0 Å². The van der Waals surface area contributed by atoms with Crippen LogP contribution in [0.1, 0.15) is 33.1 Å². The lowest BCUT2D eigenvalue weighted by Crippen LogP contribution is -2.55. The molecule has 2 heterocycles. The van der Waals surface area contributed by atoms with Crippen LogP contribution in [-0.4, -0.2) is 60.9 Å². The molecule has 0 spiro atoms. The molecule has 3 fully saturated rings. The number of esters is 1. The van der Waals surface area contributed by atoms with E-state index < -0.39 is 6.10 Å². The molecule has 6 heteroatoms. The van der Waals surface area contributed by atoms with E-state index >= 15 is 0 Å². The monoisotopic (exact) mass is 428 g/mol. The Morgan fingerprint density at radius 2 is 1.90 bits per heavy atom. The number of hydrogen-bond donors (Lipinski definition) is 1. The van der Waals surface area contributed by atoms with Gasteiger partial charge in [0, 0.05) is 56.2 Å². The lowest BCUT2D eigenvalue weighted by molar-refractivity contribution is -0.145. The second kappa shape index (κ2) is 7.89. The quantitative estimate of drug-likeness (QED) is 0.592. The molecular formula is C25H33FN2O3. The number of piperazine rings is 1. The highest BCUT2D eigenvalue weighted by Crippen LogP contribution is 2.56. The van der Waals surface area contributed by atoms with Crippen molar-refractivity contribution in [1.29, 1.82) is 0 Å². The van der Waals surface area contributed by atoms with Crippen molar-refractivity contribution in [3.8, 4) is 0 Å². The number of hydrogen-bond acceptors (Lipinski definition) is 5. The van der Waals surface area contributed by atoms with Crippen molar-refractivity contribution in [3.63, 3.8) is 0 Å². The first-order valence-corrected chi connectivity index (χ1v) is 11.7. The number of halogens is 1. The average Bonchev–Trinajstić information content (AvgIpc) is 3.07. The highest BCUT2D eigenvalue weighted by molar-refractivity contribution is 5.76. The smallest absolute Gasteiger partial charge is 0.311 e. The van der Waals surface area contributed by atoms with Gasteiger partial charge in [0.2, 0.25) is 0 Å². The molecule has 0 amide bonds. The van der Waals surface area contributed by atoms with Crippen molar-refractivity contribution in [2.45, 2.75) is 45.3 Å². The molecule has 4 aliphatic rings. The third-order valence-electron chi connectivity index (χ3n) is 8.59. The van der Waals surface area contributed by atoms with E-state index in [0.29, 0.717) is 12.5 Å². The fraction of sp³-hybridized carbons (Fsp3) is 0.640. The maximum absolute atomic E-state index is 13.2. The van der Waals surface area contributed by atoms with Crippen LogP contribution in [0, 0.1) is 29.0 Å². The largest absolute Gasteiger partial charge is 0.461 e. The Labute approximate surface area is 183 Å². The molecule has 0 unspecified atom stereocenters. The van der Waals surface area contributed by atoms with Gasteiger partial charge in [-0.2, -0.15) is 0 Å². The van der Waals surface area contributed by atoms with E-state index in [-0.39, 0.29) is 35.1 Å². The van der Waals surface area contributed by atoms with Crippen molar-refractivity contribution in [2.24, 2.45) is 23.2 Å². The fourth-order valence-corrected chi connectivity index (χ4v) is 6.39. The average molecular weight is 429 g/mol. The van der Waals surface area contributed by atoms with E-state index in [1.807, 2.05) is 12.1 Å². The Morgan fingerprint density at radius 1 is 1.19 bits per heavy atom. The Bertz CT molecular complexity index is 864. The zero-order valence-corrected chi connectivity index (χ0v) is 18.5. The summed E-state index contributed by atoms with van der Waals surface area (Å²) >= 11 is 0. The summed E-state index contributed by atoms with van der Waals surface area (Å²) in [5.74, 6) is -0.374. The summed E-state index contributed by atoms with van der Waals surface area (Å²) in [6.45, 7) is 8.42. The standard InChI is InChI=1S/C25H33FN2O3/c1-16-4-3-5-17-14-21-22(23(29)25(16,17)2)20(24(30)31-21)15-27-10-12-28(13-11-27)19-8-6-18(26)7-9-19/h5-9,16,20-23,29H,3-4,10-15H2,1-2H3/t16-,20+,21-,22-,23+,25-/m1/s1. The van der Waals surface area contributed by atoms with Crippen LogP contribution in [0.15, 0.2) is 35.9 Å². The summed E-state index contributed by atoms with van der Waals surface area (Å²) in [6, 6.07) is 6.63. The first kappa shape index (κ1) is 21.0. The third-order valence-corrected chi connectivity index (χ3v) is 8.59. The maximum Gasteiger partial charge on any atom is 0.311 e. The van der Waals surface area contributed by atoms with Crippen LogP contribution >= 0.6 is 0 Å². The van der Waals surface area contributed by atoms with Crippen molar-refractivity contribution < 1.29 is 19.0 Å². The molecule has 0 bridgehead atoms. The zero-order chi connectivity index (χ0) is 21.8. The predicted molar refractivity (Wildman–Crippen MR) is 117 cm³/mol. The van der Waals surface area contributed by atoms with Crippen molar-refractivity contribution >= 4 is 11.7 Å². The number of nitrogens with zero attached hydrogens (tertiary/aromatic N) is 2. The summed E-state index contributed by atoms with van der Waals surface area (Å²) in [5.41, 5.74) is 2.05. The molecule has 1 aromatic carbocycles. The summed E-state index contributed by atoms with van der Waals surface area (Å²) in [6.07, 6.45) is 4.42. The minimum Gasteiger partial charge on any atom is -0.461 e. The Hall–Kier alpha value is -1.92. The molecule has 1 saturated carbocycles. The van der Waals surface area contributed by atoms with Gasteiger partial charge in [-0.05, 0) is 43.0 Å². The number of fused-ring (bicyclic) bond motifs is 2. The normalized spacial score (nSPS) is 38.3. The molecule has 2 aliphatic carbocycles. The van der Waals surface area contributed by atoms with Gasteiger partial charge in [0.15, 0.2) is 0 Å². The van der Waals surface area contributed by atoms with Gasteiger partial charge in [-0.15, -0.1) is 0 Å². The lowest BCUT2D eigenvalue weighted by atomic mass is 9.55. The van der Waals surface area contributed by atoms with Crippen LogP contribution in [-0.2, 0) is 9.53 Å². The van der Waals surface area contributed by atoms with E-state index in [4.69, 9.17) is 4.74 Å². The van der Waals surface area contributed by atoms with Crippen molar-refractivity contribution in [1.82, 2.24) is 4.90 Å². The van der Waals surface area contributed by atoms with E-state index in [1.54, 1.807) is 0 Å². The highest BCUT2D eigenvalue weighted by atomic mass is 19.1. The number of carbonyl (C=O) groups is 1. The SMILES string of the molecule is C[C@@H]1CCC=C2C[C@H]3OC(=O)[C@@H](CN4CCN(c5ccc(F)cc5)CC4)[C@H]3[C@H](O)[C@@]21C. The Balaban J connectivity index is 1.27. The molecule has 5 nitrogen and oxygen atoms in total. The van der Waals surface area contributed by atoms with Crippen molar-refractivity contribution in [3.05, 3.63) is 41.7 Å². The molecule has 2 saturated heterocycles. The second-order valence-corrected chi connectivity index (χ2v) is 10.1. The van der Waals surface area contributed by atoms with Crippen LogP contribution < -0.4 is 4.90 Å². The van der Waals surface area contributed by atoms with Gasteiger partial charge in [-0.1, -0.05) is 25.5 Å². The van der Waals surface area contributed by atoms with E-state index in [2.05, 4.69) is 29.7 Å². The molecule has 0 radical (unpaired) electrons. The van der Waals surface area contributed by atoms with Crippen LogP contribution in [0.3, 0.4) is 0 Å². The predicted octanol–water partition coefficient (Wildman–Crippen LogP) is 3.23. The number of benzene rings is 1. The summed E-state index contributed by atoms with van der Waals surface area (Å²) in [4.78, 5) is 17.4. The van der Waals surface area contributed by atoms with Crippen LogP contribution in [0.2, 0.25) is 0 Å². The summed E-state index contributed by atoms with van der Waals surface area (Å²) in [7, 11) is 0.